The van der Waals surface area contributed by atoms with E-state index in [0.717, 1.165) is 0 Å². The zero-order valence-electron chi connectivity index (χ0n) is 5.71. The second-order valence-corrected chi connectivity index (χ2v) is 2.02. The normalized spacial score (nSPS) is 15.7. The van der Waals surface area contributed by atoms with Crippen molar-refractivity contribution in [3.8, 4) is 0 Å². The maximum Gasteiger partial charge on any atom is 0.122 e. The molecule has 0 bridgehead atoms. The van der Waals surface area contributed by atoms with Crippen LogP contribution in [0, 0.1) is 0 Å². The zero-order valence-corrected chi connectivity index (χ0v) is 5.71. The largest absolute Gasteiger partial charge is 0.547 e. The Morgan fingerprint density at radius 1 is 0.917 bits per heavy atom. The summed E-state index contributed by atoms with van der Waals surface area (Å²) in [4.78, 5) is 19.6. The second kappa shape index (κ2) is 4.00. The van der Waals surface area contributed by atoms with Crippen molar-refractivity contribution in [1.29, 1.82) is 0 Å². The molecule has 7 nitrogen and oxygen atoms in total. The van der Waals surface area contributed by atoms with Crippen LogP contribution < -0.4 is 10.2 Å². The highest BCUT2D eigenvalue weighted by atomic mass is 16.4. The zero-order chi connectivity index (χ0) is 9.89. The lowest BCUT2D eigenvalue weighted by atomic mass is 10.1. The lowest BCUT2D eigenvalue weighted by Gasteiger charge is -2.23. The third kappa shape index (κ3) is 2.46. The van der Waals surface area contributed by atoms with Gasteiger partial charge in [-0.15, -0.1) is 0 Å². The van der Waals surface area contributed by atoms with Gasteiger partial charge in [0, 0.05) is 0 Å². The average Bonchev–Trinajstić information content (AvgIpc) is 2.00. The monoisotopic (exact) mass is 178 g/mol. The molecule has 0 fully saturated rings. The van der Waals surface area contributed by atoms with Gasteiger partial charge in [0.05, 0.1) is 11.9 Å². The van der Waals surface area contributed by atoms with E-state index in [9.17, 15) is 19.8 Å². The number of carboxylic acid groups (broad SMARTS) is 2. The summed E-state index contributed by atoms with van der Waals surface area (Å²) in [7, 11) is 0. The molecule has 0 aromatic carbocycles. The summed E-state index contributed by atoms with van der Waals surface area (Å²) in [5.41, 5.74) is 0. The summed E-state index contributed by atoms with van der Waals surface area (Å²) < 4.78 is 0. The molecule has 0 unspecified atom stereocenters. The van der Waals surface area contributed by atoms with Crippen molar-refractivity contribution in [2.75, 3.05) is 0 Å². The van der Waals surface area contributed by atoms with Crippen molar-refractivity contribution in [3.63, 3.8) is 0 Å². The fourth-order valence-corrected chi connectivity index (χ4v) is 0.452. The van der Waals surface area contributed by atoms with E-state index in [1.807, 2.05) is 0 Å². The molecule has 0 saturated heterocycles. The standard InChI is InChI=1S/C5H8O7/c6-1(2(7)4(9)10)3(8)5(11)12/h1-3,6-8H,(H,9,10)(H,11,12)/p-2/t2-,3-/m1/s1. The van der Waals surface area contributed by atoms with Gasteiger partial charge in [-0.2, -0.15) is 0 Å². The molecule has 0 aliphatic carbocycles. The Hall–Kier alpha value is -1.18. The molecule has 0 aromatic rings. The molecule has 0 spiro atoms. The number of rotatable bonds is 4. The Balaban J connectivity index is 4.28. The van der Waals surface area contributed by atoms with Crippen molar-refractivity contribution in [3.05, 3.63) is 0 Å². The van der Waals surface area contributed by atoms with Crippen LogP contribution in [0.5, 0.6) is 0 Å². The molecule has 0 aromatic heterocycles. The first-order chi connectivity index (χ1) is 5.37. The minimum Gasteiger partial charge on any atom is -0.547 e. The summed E-state index contributed by atoms with van der Waals surface area (Å²) >= 11 is 0. The molecule has 0 aliphatic rings. The molecule has 0 saturated carbocycles. The van der Waals surface area contributed by atoms with Crippen LogP contribution in [0.1, 0.15) is 0 Å². The number of hydrogen-bond acceptors (Lipinski definition) is 7. The van der Waals surface area contributed by atoms with Crippen LogP contribution >= 0.6 is 0 Å². The molecule has 0 aliphatic heterocycles. The summed E-state index contributed by atoms with van der Waals surface area (Å²) in [6.45, 7) is 0. The summed E-state index contributed by atoms with van der Waals surface area (Å²) in [5.74, 6) is -4.16. The van der Waals surface area contributed by atoms with Gasteiger partial charge in [0.2, 0.25) is 0 Å². The van der Waals surface area contributed by atoms with E-state index in [1.54, 1.807) is 0 Å². The molecular formula is C5H6O7-2. The number of carbonyl (C=O) groups is 2. The van der Waals surface area contributed by atoms with Crippen LogP contribution in [0.25, 0.3) is 0 Å². The Morgan fingerprint density at radius 2 is 1.17 bits per heavy atom. The van der Waals surface area contributed by atoms with Gasteiger partial charge in [0.1, 0.15) is 18.3 Å². The third-order valence-corrected chi connectivity index (χ3v) is 1.13. The first kappa shape index (κ1) is 10.8. The maximum atomic E-state index is 9.82. The van der Waals surface area contributed by atoms with E-state index in [1.165, 1.54) is 0 Å². The summed E-state index contributed by atoms with van der Waals surface area (Å²) in [6.07, 6.45) is -7.28. The fraction of sp³-hybridized carbons (Fsp3) is 0.600. The van der Waals surface area contributed by atoms with Gasteiger partial charge in [0.15, 0.2) is 0 Å². The summed E-state index contributed by atoms with van der Waals surface area (Å²) in [5, 5.41) is 45.1. The number of aliphatic carboxylic acids is 2. The summed E-state index contributed by atoms with van der Waals surface area (Å²) in [6, 6.07) is 0. The van der Waals surface area contributed by atoms with E-state index in [0.29, 0.717) is 0 Å². The minimum atomic E-state index is -2.46. The smallest absolute Gasteiger partial charge is 0.122 e. The van der Waals surface area contributed by atoms with Gasteiger partial charge in [-0.25, -0.2) is 0 Å². The number of aliphatic hydroxyl groups is 3. The number of carbonyl (C=O) groups excluding carboxylic acids is 2. The fourth-order valence-electron chi connectivity index (χ4n) is 0.452. The van der Waals surface area contributed by atoms with Crippen LogP contribution in [0.15, 0.2) is 0 Å². The Morgan fingerprint density at radius 3 is 1.33 bits per heavy atom. The van der Waals surface area contributed by atoms with E-state index < -0.39 is 30.3 Å². The second-order valence-electron chi connectivity index (χ2n) is 2.02. The highest BCUT2D eigenvalue weighted by Crippen LogP contribution is 1.98. The predicted molar refractivity (Wildman–Crippen MR) is 28.0 cm³/mol. The first-order valence-corrected chi connectivity index (χ1v) is 2.84. The molecule has 12 heavy (non-hydrogen) atoms. The maximum absolute atomic E-state index is 9.82. The quantitative estimate of drug-likeness (QED) is 0.390. The van der Waals surface area contributed by atoms with E-state index in [2.05, 4.69) is 0 Å². The van der Waals surface area contributed by atoms with Crippen molar-refractivity contribution in [2.45, 2.75) is 18.3 Å². The van der Waals surface area contributed by atoms with Gasteiger partial charge >= 0.3 is 0 Å². The van der Waals surface area contributed by atoms with Crippen LogP contribution in [0.2, 0.25) is 0 Å². The van der Waals surface area contributed by atoms with E-state index in [4.69, 9.17) is 15.3 Å². The Bertz CT molecular complexity index is 168. The number of aliphatic hydroxyl groups excluding tert-OH is 3. The highest BCUT2D eigenvalue weighted by Gasteiger charge is 2.26. The van der Waals surface area contributed by atoms with E-state index >= 15 is 0 Å². The molecule has 7 heteroatoms. The average molecular weight is 178 g/mol. The molecule has 70 valence electrons. The van der Waals surface area contributed by atoms with Crippen molar-refractivity contribution >= 4 is 11.9 Å². The van der Waals surface area contributed by atoms with Crippen LogP contribution in [0.3, 0.4) is 0 Å². The third-order valence-electron chi connectivity index (χ3n) is 1.13. The predicted octanol–water partition coefficient (Wildman–Crippen LogP) is -5.43. The van der Waals surface area contributed by atoms with Crippen LogP contribution in [0.4, 0.5) is 0 Å². The number of carboxylic acids is 2. The molecule has 0 amide bonds. The highest BCUT2D eigenvalue weighted by molar-refractivity contribution is 5.75. The van der Waals surface area contributed by atoms with Gasteiger partial charge in [-0.1, -0.05) is 0 Å². The van der Waals surface area contributed by atoms with Gasteiger partial charge < -0.3 is 35.1 Å². The molecule has 0 heterocycles. The molecule has 0 rings (SSSR count). The SMILES string of the molecule is O=C([O-])[C@H](O)C(O)[C@@H](O)C(=O)[O-]. The van der Waals surface area contributed by atoms with Crippen molar-refractivity contribution in [2.24, 2.45) is 0 Å². The lowest BCUT2D eigenvalue weighted by molar-refractivity contribution is -0.327. The van der Waals surface area contributed by atoms with Gasteiger partial charge in [-0.05, 0) is 0 Å². The Labute approximate surface area is 66.5 Å². The van der Waals surface area contributed by atoms with Gasteiger partial charge in [0.25, 0.3) is 0 Å². The van der Waals surface area contributed by atoms with Gasteiger partial charge in [-0.3, -0.25) is 0 Å². The van der Waals surface area contributed by atoms with Crippen LogP contribution in [-0.4, -0.2) is 45.6 Å². The van der Waals surface area contributed by atoms with E-state index in [-0.39, 0.29) is 0 Å². The number of hydrogen-bond donors (Lipinski definition) is 3. The molecule has 0 radical (unpaired) electrons. The molecule has 3 N–H and O–H groups in total. The topological polar surface area (TPSA) is 141 Å². The van der Waals surface area contributed by atoms with Crippen LogP contribution in [-0.2, 0) is 9.59 Å². The van der Waals surface area contributed by atoms with Crippen molar-refractivity contribution < 1.29 is 35.1 Å². The first-order valence-electron chi connectivity index (χ1n) is 2.84. The lowest BCUT2D eigenvalue weighted by Crippen LogP contribution is -2.53. The molecule has 2 atom stereocenters. The Kier molecular flexibility index (Phi) is 3.61. The minimum absolute atomic E-state index is 2.08. The van der Waals surface area contributed by atoms with Crippen molar-refractivity contribution in [1.82, 2.24) is 0 Å². The molecular weight excluding hydrogens is 172 g/mol.